The highest BCUT2D eigenvalue weighted by Gasteiger charge is 2.62. The molecule has 27 heavy (non-hydrogen) atoms. The van der Waals surface area contributed by atoms with Gasteiger partial charge in [-0.15, -0.1) is 0 Å². The van der Waals surface area contributed by atoms with Crippen LogP contribution in [0.3, 0.4) is 0 Å². The van der Waals surface area contributed by atoms with E-state index in [1.54, 1.807) is 19.3 Å². The van der Waals surface area contributed by atoms with Crippen LogP contribution in [0.15, 0.2) is 36.4 Å². The lowest BCUT2D eigenvalue weighted by Gasteiger charge is -2.45. The van der Waals surface area contributed by atoms with Crippen molar-refractivity contribution < 1.29 is 14.3 Å². The van der Waals surface area contributed by atoms with Crippen molar-refractivity contribution in [2.45, 2.75) is 23.3 Å². The van der Waals surface area contributed by atoms with E-state index in [4.69, 9.17) is 9.72 Å². The first-order chi connectivity index (χ1) is 12.9. The minimum atomic E-state index is -0.522. The molecule has 5 nitrogen and oxygen atoms in total. The number of H-pyrrole nitrogens is 1. The molecule has 0 saturated heterocycles. The van der Waals surface area contributed by atoms with Crippen LogP contribution < -0.4 is 4.74 Å². The number of thioether (sulfide) groups is 2. The molecule has 2 atom stereocenters. The Morgan fingerprint density at radius 1 is 0.963 bits per heavy atom. The Labute approximate surface area is 164 Å². The minimum Gasteiger partial charge on any atom is -0.497 e. The fraction of sp³-hybridized carbons (Fsp3) is 0.250. The molecule has 136 valence electrons. The topological polar surface area (TPSA) is 72.0 Å². The van der Waals surface area contributed by atoms with Gasteiger partial charge in [-0.2, -0.15) is 0 Å². The number of hydrogen-bond acceptors (Lipinski definition) is 6. The maximum atomic E-state index is 12.3. The molecule has 0 bridgehead atoms. The van der Waals surface area contributed by atoms with Crippen molar-refractivity contribution in [3.8, 4) is 17.1 Å². The van der Waals surface area contributed by atoms with Crippen LogP contribution in [0.5, 0.6) is 5.75 Å². The van der Waals surface area contributed by atoms with Gasteiger partial charge >= 0.3 is 0 Å². The Morgan fingerprint density at radius 2 is 1.56 bits per heavy atom. The van der Waals surface area contributed by atoms with Gasteiger partial charge in [-0.25, -0.2) is 4.98 Å². The van der Waals surface area contributed by atoms with E-state index in [1.165, 1.54) is 23.5 Å². The van der Waals surface area contributed by atoms with Gasteiger partial charge in [0.15, 0.2) is 0 Å². The highest BCUT2D eigenvalue weighted by molar-refractivity contribution is 8.20. The van der Waals surface area contributed by atoms with Gasteiger partial charge in [0, 0.05) is 16.7 Å². The molecule has 3 aliphatic rings. The predicted molar refractivity (Wildman–Crippen MR) is 109 cm³/mol. The lowest BCUT2D eigenvalue weighted by atomic mass is 9.73. The standard InChI is InChI=1S/C20H16N2O3S2/c1-19-12(8-14(23)26-19)16-17(13-9-15(24)27-20(13,19)2)22-18(21-16)10-4-6-11(25-3)7-5-10/h4-9H,1-3H3,(H,21,22). The van der Waals surface area contributed by atoms with Gasteiger partial charge in [-0.05, 0) is 50.3 Å². The van der Waals surface area contributed by atoms with Gasteiger partial charge in [0.05, 0.1) is 28.0 Å². The largest absolute Gasteiger partial charge is 0.497 e. The molecule has 1 aliphatic carbocycles. The molecule has 1 N–H and O–H groups in total. The number of ether oxygens (including phenoxy) is 1. The van der Waals surface area contributed by atoms with Gasteiger partial charge in [0.1, 0.15) is 11.6 Å². The van der Waals surface area contributed by atoms with E-state index < -0.39 is 9.49 Å². The number of rotatable bonds is 2. The van der Waals surface area contributed by atoms with Crippen molar-refractivity contribution in [3.63, 3.8) is 0 Å². The second-order valence-electron chi connectivity index (χ2n) is 7.06. The number of methoxy groups -OCH3 is 1. The molecule has 2 unspecified atom stereocenters. The van der Waals surface area contributed by atoms with Crippen LogP contribution in [-0.2, 0) is 9.59 Å². The third-order valence-electron chi connectivity index (χ3n) is 5.66. The number of imidazole rings is 1. The Kier molecular flexibility index (Phi) is 3.37. The number of fused-ring (bicyclic) bond motifs is 6. The second-order valence-corrected chi connectivity index (χ2v) is 9.91. The normalized spacial score (nSPS) is 28.4. The molecule has 2 aliphatic heterocycles. The fourth-order valence-corrected chi connectivity index (χ4v) is 6.60. The van der Waals surface area contributed by atoms with Crippen molar-refractivity contribution in [2.24, 2.45) is 0 Å². The molecule has 0 radical (unpaired) electrons. The zero-order valence-corrected chi connectivity index (χ0v) is 16.6. The molecule has 0 saturated carbocycles. The van der Waals surface area contributed by atoms with Crippen LogP contribution in [0.1, 0.15) is 25.2 Å². The molecule has 3 heterocycles. The molecule has 0 amide bonds. The highest BCUT2D eigenvalue weighted by atomic mass is 32.2. The zero-order chi connectivity index (χ0) is 19.0. The van der Waals surface area contributed by atoms with Crippen molar-refractivity contribution in [1.82, 2.24) is 9.97 Å². The van der Waals surface area contributed by atoms with E-state index in [-0.39, 0.29) is 10.2 Å². The third kappa shape index (κ3) is 2.12. The van der Waals surface area contributed by atoms with Gasteiger partial charge in [0.25, 0.3) is 0 Å². The predicted octanol–water partition coefficient (Wildman–Crippen LogP) is 3.93. The minimum absolute atomic E-state index is 0.00914. The Hall–Kier alpha value is -2.25. The van der Waals surface area contributed by atoms with Gasteiger partial charge in [-0.3, -0.25) is 9.59 Å². The van der Waals surface area contributed by atoms with E-state index in [0.717, 1.165) is 33.8 Å². The molecule has 2 aromatic rings. The number of carbonyl (C=O) groups excluding carboxylic acids is 2. The number of benzene rings is 1. The summed E-state index contributed by atoms with van der Waals surface area (Å²) in [7, 11) is 1.63. The van der Waals surface area contributed by atoms with Crippen LogP contribution in [-0.4, -0.2) is 36.8 Å². The Morgan fingerprint density at radius 3 is 2.19 bits per heavy atom. The van der Waals surface area contributed by atoms with Gasteiger partial charge in [0.2, 0.25) is 10.2 Å². The molecule has 0 fully saturated rings. The summed E-state index contributed by atoms with van der Waals surface area (Å²) in [6.45, 7) is 4.09. The first kappa shape index (κ1) is 16.9. The quantitative estimate of drug-likeness (QED) is 0.829. The second kappa shape index (κ2) is 5.39. The maximum absolute atomic E-state index is 12.3. The number of carbonyl (C=O) groups is 2. The lowest BCUT2D eigenvalue weighted by molar-refractivity contribution is -0.107. The van der Waals surface area contributed by atoms with Gasteiger partial charge in [-0.1, -0.05) is 23.5 Å². The van der Waals surface area contributed by atoms with E-state index in [1.807, 2.05) is 38.1 Å². The summed E-state index contributed by atoms with van der Waals surface area (Å²) in [5.74, 6) is 1.49. The first-order valence-corrected chi connectivity index (χ1v) is 10.1. The fourth-order valence-electron chi connectivity index (χ4n) is 4.04. The van der Waals surface area contributed by atoms with E-state index >= 15 is 0 Å². The van der Waals surface area contributed by atoms with Crippen molar-refractivity contribution in [2.75, 3.05) is 7.11 Å². The van der Waals surface area contributed by atoms with Crippen molar-refractivity contribution in [3.05, 3.63) is 47.8 Å². The summed E-state index contributed by atoms with van der Waals surface area (Å²) in [4.78, 5) is 32.8. The van der Waals surface area contributed by atoms with E-state index in [9.17, 15) is 9.59 Å². The maximum Gasteiger partial charge on any atom is 0.213 e. The SMILES string of the molecule is COc1ccc(-c2nc3c([nH]2)C2=CC(=O)SC2(C)C2(C)SC(=O)C=C32)cc1. The van der Waals surface area contributed by atoms with Crippen LogP contribution >= 0.6 is 23.5 Å². The number of hydrogen-bond donors (Lipinski definition) is 1. The van der Waals surface area contributed by atoms with Gasteiger partial charge < -0.3 is 9.72 Å². The molecule has 1 aromatic carbocycles. The number of aromatic amines is 1. The number of nitrogens with one attached hydrogen (secondary N) is 1. The Bertz CT molecular complexity index is 1020. The summed E-state index contributed by atoms with van der Waals surface area (Å²) < 4.78 is 4.19. The average Bonchev–Trinajstić information content (AvgIpc) is 3.29. The first-order valence-electron chi connectivity index (χ1n) is 8.51. The van der Waals surface area contributed by atoms with Crippen LogP contribution in [0, 0.1) is 0 Å². The lowest BCUT2D eigenvalue weighted by Crippen LogP contribution is -2.47. The van der Waals surface area contributed by atoms with E-state index in [0.29, 0.717) is 5.82 Å². The van der Waals surface area contributed by atoms with E-state index in [2.05, 4.69) is 4.98 Å². The Balaban J connectivity index is 1.73. The molecule has 0 spiro atoms. The summed E-state index contributed by atoms with van der Waals surface area (Å²) in [5, 5.41) is 0.0244. The summed E-state index contributed by atoms with van der Waals surface area (Å²) >= 11 is 2.58. The summed E-state index contributed by atoms with van der Waals surface area (Å²) in [5.41, 5.74) is 4.33. The summed E-state index contributed by atoms with van der Waals surface area (Å²) in [6, 6.07) is 7.64. The average molecular weight is 396 g/mol. The molecule has 5 rings (SSSR count). The monoisotopic (exact) mass is 396 g/mol. The molecular formula is C20H16N2O3S2. The van der Waals surface area contributed by atoms with Crippen molar-refractivity contribution >= 4 is 44.9 Å². The van der Waals surface area contributed by atoms with Crippen LogP contribution in [0.4, 0.5) is 0 Å². The molecule has 7 heteroatoms. The van der Waals surface area contributed by atoms with Crippen LogP contribution in [0.2, 0.25) is 0 Å². The summed E-state index contributed by atoms with van der Waals surface area (Å²) in [6.07, 6.45) is 3.36. The smallest absolute Gasteiger partial charge is 0.213 e. The molecular weight excluding hydrogens is 380 g/mol. The molecule has 1 aromatic heterocycles. The number of nitrogens with zero attached hydrogens (tertiary/aromatic N) is 1. The van der Waals surface area contributed by atoms with Crippen molar-refractivity contribution in [1.29, 1.82) is 0 Å². The highest BCUT2D eigenvalue weighted by Crippen LogP contribution is 2.66. The van der Waals surface area contributed by atoms with Crippen LogP contribution in [0.25, 0.3) is 22.5 Å². The number of aromatic nitrogens is 2. The zero-order valence-electron chi connectivity index (χ0n) is 15.0. The third-order valence-corrected chi connectivity index (χ3v) is 8.50.